The lowest BCUT2D eigenvalue weighted by Crippen LogP contribution is -2.36. The summed E-state index contributed by atoms with van der Waals surface area (Å²) in [6, 6.07) is 19.9. The van der Waals surface area contributed by atoms with Gasteiger partial charge in [0.25, 0.3) is 0 Å². The third-order valence-electron chi connectivity index (χ3n) is 5.18. The molecular formula is C24H25N2+. The van der Waals surface area contributed by atoms with E-state index in [0.717, 1.165) is 6.42 Å². The third kappa shape index (κ3) is 2.92. The van der Waals surface area contributed by atoms with Crippen molar-refractivity contribution in [2.24, 2.45) is 0 Å². The fraction of sp³-hybridized carbons (Fsp3) is 0.208. The average Bonchev–Trinajstić information content (AvgIpc) is 2.98. The van der Waals surface area contributed by atoms with Gasteiger partial charge in [-0.15, -0.1) is 0 Å². The molecule has 0 spiro atoms. The Balaban J connectivity index is 1.66. The molecule has 0 aliphatic carbocycles. The predicted molar refractivity (Wildman–Crippen MR) is 110 cm³/mol. The van der Waals surface area contributed by atoms with Crippen LogP contribution in [0.5, 0.6) is 0 Å². The first-order valence-electron chi connectivity index (χ1n) is 9.27. The molecule has 4 rings (SSSR count). The molecule has 0 amide bonds. The quantitative estimate of drug-likeness (QED) is 0.587. The molecule has 0 bridgehead atoms. The van der Waals surface area contributed by atoms with Crippen LogP contribution in [-0.4, -0.2) is 7.05 Å². The van der Waals surface area contributed by atoms with Crippen molar-refractivity contribution >= 4 is 22.7 Å². The third-order valence-corrected chi connectivity index (χ3v) is 5.18. The number of anilines is 1. The summed E-state index contributed by atoms with van der Waals surface area (Å²) < 4.78 is 2.33. The molecule has 2 heterocycles. The molecule has 0 unspecified atom stereocenters. The summed E-state index contributed by atoms with van der Waals surface area (Å²) >= 11 is 0. The summed E-state index contributed by atoms with van der Waals surface area (Å²) in [5.41, 5.74) is 6.59. The van der Waals surface area contributed by atoms with Gasteiger partial charge < -0.3 is 4.90 Å². The number of rotatable bonds is 3. The molecule has 0 fully saturated rings. The van der Waals surface area contributed by atoms with Gasteiger partial charge in [-0.3, -0.25) is 0 Å². The number of nitrogens with zero attached hydrogens (tertiary/aromatic N) is 2. The Morgan fingerprint density at radius 1 is 1.00 bits per heavy atom. The van der Waals surface area contributed by atoms with E-state index in [0.29, 0.717) is 6.04 Å². The van der Waals surface area contributed by atoms with Crippen molar-refractivity contribution in [3.05, 3.63) is 89.8 Å². The Hall–Kier alpha value is -2.87. The average molecular weight is 341 g/mol. The fourth-order valence-corrected chi connectivity index (χ4v) is 3.76. The smallest absolute Gasteiger partial charge is 0.213 e. The van der Waals surface area contributed by atoms with Crippen molar-refractivity contribution in [3.63, 3.8) is 0 Å². The SMILES string of the molecule is CC(C)[n+]1ccc(C=CC=C2Cc3ccccc3N2C)c2ccccc21. The van der Waals surface area contributed by atoms with Crippen LogP contribution in [0.15, 0.2) is 78.6 Å². The summed E-state index contributed by atoms with van der Waals surface area (Å²) in [7, 11) is 2.15. The van der Waals surface area contributed by atoms with E-state index in [-0.39, 0.29) is 0 Å². The van der Waals surface area contributed by atoms with Crippen LogP contribution < -0.4 is 9.47 Å². The molecule has 0 radical (unpaired) electrons. The van der Waals surface area contributed by atoms with Crippen LogP contribution in [0.25, 0.3) is 17.0 Å². The van der Waals surface area contributed by atoms with E-state index in [1.54, 1.807) is 0 Å². The van der Waals surface area contributed by atoms with Crippen LogP contribution in [-0.2, 0) is 6.42 Å². The van der Waals surface area contributed by atoms with E-state index in [4.69, 9.17) is 0 Å². The summed E-state index contributed by atoms with van der Waals surface area (Å²) in [6.45, 7) is 4.44. The maximum Gasteiger partial charge on any atom is 0.213 e. The number of hydrogen-bond donors (Lipinski definition) is 0. The van der Waals surface area contributed by atoms with Gasteiger partial charge in [0.15, 0.2) is 12.2 Å². The Bertz CT molecular complexity index is 1010. The molecule has 2 heteroatoms. The molecule has 26 heavy (non-hydrogen) atoms. The topological polar surface area (TPSA) is 7.12 Å². The highest BCUT2D eigenvalue weighted by atomic mass is 15.1. The molecule has 130 valence electrons. The van der Waals surface area contributed by atoms with Crippen molar-refractivity contribution in [2.75, 3.05) is 11.9 Å². The zero-order valence-electron chi connectivity index (χ0n) is 15.7. The highest BCUT2D eigenvalue weighted by molar-refractivity contribution is 5.85. The number of fused-ring (bicyclic) bond motifs is 2. The van der Waals surface area contributed by atoms with E-state index in [1.807, 2.05) is 0 Å². The molecule has 3 aromatic rings. The molecule has 1 aliphatic heterocycles. The van der Waals surface area contributed by atoms with Crippen LogP contribution in [0, 0.1) is 0 Å². The van der Waals surface area contributed by atoms with Gasteiger partial charge in [-0.2, -0.15) is 4.57 Å². The molecule has 1 aromatic heterocycles. The maximum absolute atomic E-state index is 2.33. The first-order chi connectivity index (χ1) is 12.6. The number of hydrogen-bond acceptors (Lipinski definition) is 1. The van der Waals surface area contributed by atoms with Crippen LogP contribution in [0.4, 0.5) is 5.69 Å². The number of aromatic nitrogens is 1. The Morgan fingerprint density at radius 3 is 2.58 bits per heavy atom. The van der Waals surface area contributed by atoms with Crippen molar-refractivity contribution in [3.8, 4) is 0 Å². The minimum Gasteiger partial charge on any atom is -0.348 e. The molecule has 0 atom stereocenters. The van der Waals surface area contributed by atoms with Crippen molar-refractivity contribution in [1.29, 1.82) is 0 Å². The minimum atomic E-state index is 0.450. The lowest BCUT2D eigenvalue weighted by Gasteiger charge is -2.13. The van der Waals surface area contributed by atoms with Crippen LogP contribution in [0.2, 0.25) is 0 Å². The molecule has 0 saturated carbocycles. The van der Waals surface area contributed by atoms with Crippen molar-refractivity contribution in [1.82, 2.24) is 0 Å². The second kappa shape index (κ2) is 6.80. The first kappa shape index (κ1) is 16.6. The second-order valence-electron chi connectivity index (χ2n) is 7.17. The van der Waals surface area contributed by atoms with Gasteiger partial charge in [-0.1, -0.05) is 42.5 Å². The fourth-order valence-electron chi connectivity index (χ4n) is 3.76. The van der Waals surface area contributed by atoms with Gasteiger partial charge in [0.05, 0.1) is 5.39 Å². The summed E-state index contributed by atoms with van der Waals surface area (Å²) in [6.07, 6.45) is 9.82. The minimum absolute atomic E-state index is 0.450. The standard InChI is InChI=1S/C24H25N2/c1-18(2)26-16-15-19(22-12-5-7-14-24(22)26)10-8-11-21-17-20-9-4-6-13-23(20)25(21)3/h4-16,18H,17H2,1-3H3/q+1. The Morgan fingerprint density at radius 2 is 1.77 bits per heavy atom. The Kier molecular flexibility index (Phi) is 4.34. The maximum atomic E-state index is 2.33. The van der Waals surface area contributed by atoms with Gasteiger partial charge in [0.1, 0.15) is 0 Å². The van der Waals surface area contributed by atoms with E-state index in [2.05, 4.69) is 109 Å². The van der Waals surface area contributed by atoms with Gasteiger partial charge in [-0.05, 0) is 43.2 Å². The monoisotopic (exact) mass is 341 g/mol. The number of allylic oxidation sites excluding steroid dienone is 3. The Labute approximate surface area is 155 Å². The second-order valence-corrected chi connectivity index (χ2v) is 7.17. The van der Waals surface area contributed by atoms with Crippen molar-refractivity contribution < 1.29 is 4.57 Å². The van der Waals surface area contributed by atoms with E-state index < -0.39 is 0 Å². The summed E-state index contributed by atoms with van der Waals surface area (Å²) in [5.74, 6) is 0. The summed E-state index contributed by atoms with van der Waals surface area (Å²) in [4.78, 5) is 2.29. The zero-order valence-corrected chi connectivity index (χ0v) is 15.7. The van der Waals surface area contributed by atoms with Gasteiger partial charge in [-0.25, -0.2) is 0 Å². The number of para-hydroxylation sites is 2. The van der Waals surface area contributed by atoms with Crippen molar-refractivity contribution in [2.45, 2.75) is 26.3 Å². The molecule has 2 aromatic carbocycles. The largest absolute Gasteiger partial charge is 0.348 e. The molecule has 0 saturated heterocycles. The molecular weight excluding hydrogens is 316 g/mol. The number of pyridine rings is 1. The summed E-state index contributed by atoms with van der Waals surface area (Å²) in [5, 5.41) is 1.29. The number of benzene rings is 2. The molecule has 2 nitrogen and oxygen atoms in total. The normalized spacial score (nSPS) is 15.5. The number of likely N-dealkylation sites (N-methyl/N-ethyl adjacent to an activating group) is 1. The van der Waals surface area contributed by atoms with Crippen LogP contribution >= 0.6 is 0 Å². The van der Waals surface area contributed by atoms with Crippen LogP contribution in [0.3, 0.4) is 0 Å². The van der Waals surface area contributed by atoms with Gasteiger partial charge in [0.2, 0.25) is 5.52 Å². The van der Waals surface area contributed by atoms with E-state index in [9.17, 15) is 0 Å². The molecule has 0 N–H and O–H groups in total. The van der Waals surface area contributed by atoms with Gasteiger partial charge >= 0.3 is 0 Å². The van der Waals surface area contributed by atoms with E-state index >= 15 is 0 Å². The van der Waals surface area contributed by atoms with E-state index in [1.165, 1.54) is 33.4 Å². The highest BCUT2D eigenvalue weighted by Gasteiger charge is 2.19. The highest BCUT2D eigenvalue weighted by Crippen LogP contribution is 2.32. The van der Waals surface area contributed by atoms with Crippen LogP contribution in [0.1, 0.15) is 31.0 Å². The predicted octanol–water partition coefficient (Wildman–Crippen LogP) is 5.30. The van der Waals surface area contributed by atoms with Gasteiger partial charge in [0, 0.05) is 37.0 Å². The molecule has 1 aliphatic rings. The lowest BCUT2D eigenvalue weighted by atomic mass is 10.1. The first-order valence-corrected chi connectivity index (χ1v) is 9.27. The lowest BCUT2D eigenvalue weighted by molar-refractivity contribution is -0.691. The zero-order chi connectivity index (χ0) is 18.1.